The van der Waals surface area contributed by atoms with E-state index in [0.29, 0.717) is 6.54 Å². The predicted molar refractivity (Wildman–Crippen MR) is 62.3 cm³/mol. The van der Waals surface area contributed by atoms with Gasteiger partial charge in [0.2, 0.25) is 0 Å². The van der Waals surface area contributed by atoms with E-state index in [2.05, 4.69) is 0 Å². The summed E-state index contributed by atoms with van der Waals surface area (Å²) in [6.07, 6.45) is 1.73. The second kappa shape index (κ2) is 4.84. The van der Waals surface area contributed by atoms with Crippen molar-refractivity contribution < 1.29 is 14.3 Å². The maximum absolute atomic E-state index is 13.5. The molecule has 1 unspecified atom stereocenters. The van der Waals surface area contributed by atoms with E-state index in [1.807, 2.05) is 18.0 Å². The Morgan fingerprint density at radius 1 is 1.59 bits per heavy atom. The van der Waals surface area contributed by atoms with Crippen molar-refractivity contribution in [1.29, 1.82) is 0 Å². The second-order valence-corrected chi connectivity index (χ2v) is 4.49. The van der Waals surface area contributed by atoms with Crippen molar-refractivity contribution in [3.63, 3.8) is 0 Å². The predicted octanol–water partition coefficient (Wildman–Crippen LogP) is 2.22. The van der Waals surface area contributed by atoms with Crippen LogP contribution in [0.25, 0.3) is 0 Å². The lowest BCUT2D eigenvalue weighted by Gasteiger charge is -2.24. The molecule has 1 aromatic rings. The van der Waals surface area contributed by atoms with E-state index in [-0.39, 0.29) is 18.3 Å². The van der Waals surface area contributed by atoms with Crippen LogP contribution < -0.4 is 0 Å². The Morgan fingerprint density at radius 3 is 3.06 bits per heavy atom. The van der Waals surface area contributed by atoms with E-state index in [1.165, 1.54) is 6.07 Å². The Morgan fingerprint density at radius 2 is 2.35 bits per heavy atom. The monoisotopic (exact) mass is 237 g/mol. The van der Waals surface area contributed by atoms with Gasteiger partial charge in [-0.05, 0) is 37.1 Å². The molecule has 1 aromatic carbocycles. The molecule has 1 aliphatic rings. The van der Waals surface area contributed by atoms with Crippen LogP contribution in [-0.4, -0.2) is 29.6 Å². The number of rotatable bonds is 4. The average Bonchev–Trinajstić information content (AvgIpc) is 2.71. The number of carbonyl (C=O) groups is 1. The lowest BCUT2D eigenvalue weighted by molar-refractivity contribution is -0.137. The molecule has 0 fully saturated rings. The molecule has 0 saturated carbocycles. The first kappa shape index (κ1) is 12.0. The minimum Gasteiger partial charge on any atom is -0.481 e. The minimum atomic E-state index is -0.797. The van der Waals surface area contributed by atoms with Crippen molar-refractivity contribution in [2.45, 2.75) is 25.3 Å². The molecule has 1 N–H and O–H groups in total. The van der Waals surface area contributed by atoms with Gasteiger partial charge >= 0.3 is 5.97 Å². The van der Waals surface area contributed by atoms with Crippen molar-refractivity contribution in [3.05, 3.63) is 35.1 Å². The van der Waals surface area contributed by atoms with Gasteiger partial charge < -0.3 is 5.11 Å². The van der Waals surface area contributed by atoms with Crippen LogP contribution in [0.3, 0.4) is 0 Å². The molecule has 0 saturated heterocycles. The fourth-order valence-electron chi connectivity index (χ4n) is 2.47. The number of benzene rings is 1. The topological polar surface area (TPSA) is 40.5 Å². The van der Waals surface area contributed by atoms with Crippen LogP contribution in [0.1, 0.15) is 30.0 Å². The Balaban J connectivity index is 2.11. The molecular formula is C13H16FNO2. The van der Waals surface area contributed by atoms with Crippen LogP contribution in [0.2, 0.25) is 0 Å². The largest absolute Gasteiger partial charge is 0.481 e. The zero-order valence-electron chi connectivity index (χ0n) is 9.82. The number of carboxylic acids is 1. The van der Waals surface area contributed by atoms with Gasteiger partial charge in [-0.2, -0.15) is 0 Å². The van der Waals surface area contributed by atoms with Gasteiger partial charge in [-0.25, -0.2) is 4.39 Å². The van der Waals surface area contributed by atoms with Crippen molar-refractivity contribution in [2.75, 3.05) is 13.6 Å². The average molecular weight is 237 g/mol. The second-order valence-electron chi connectivity index (χ2n) is 4.49. The standard InChI is InChI=1S/C13H16FNO2/c1-15(8-7-13(16)17)12-6-5-9-10(12)3-2-4-11(9)14/h2-4,12H,5-8H2,1H3,(H,16,17). The molecule has 4 heteroatoms. The molecule has 0 radical (unpaired) electrons. The van der Waals surface area contributed by atoms with Crippen molar-refractivity contribution >= 4 is 5.97 Å². The van der Waals surface area contributed by atoms with Crippen LogP contribution in [-0.2, 0) is 11.2 Å². The summed E-state index contributed by atoms with van der Waals surface area (Å²) in [6.45, 7) is 0.496. The SMILES string of the molecule is CN(CCC(=O)O)C1CCc2c(F)cccc21. The molecule has 0 bridgehead atoms. The van der Waals surface area contributed by atoms with Gasteiger partial charge in [-0.1, -0.05) is 12.1 Å². The summed E-state index contributed by atoms with van der Waals surface area (Å²) in [5, 5.41) is 8.66. The highest BCUT2D eigenvalue weighted by atomic mass is 19.1. The number of hydrogen-bond acceptors (Lipinski definition) is 2. The highest BCUT2D eigenvalue weighted by Gasteiger charge is 2.27. The van der Waals surface area contributed by atoms with E-state index in [4.69, 9.17) is 5.11 Å². The third-order valence-corrected chi connectivity index (χ3v) is 3.39. The van der Waals surface area contributed by atoms with Gasteiger partial charge in [-0.15, -0.1) is 0 Å². The minimum absolute atomic E-state index is 0.123. The zero-order valence-corrected chi connectivity index (χ0v) is 9.82. The van der Waals surface area contributed by atoms with Crippen LogP contribution in [0.15, 0.2) is 18.2 Å². The van der Waals surface area contributed by atoms with Gasteiger partial charge in [0, 0.05) is 12.6 Å². The summed E-state index contributed by atoms with van der Waals surface area (Å²) in [4.78, 5) is 12.5. The van der Waals surface area contributed by atoms with Crippen molar-refractivity contribution in [1.82, 2.24) is 4.90 Å². The molecular weight excluding hydrogens is 221 g/mol. The summed E-state index contributed by atoms with van der Waals surface area (Å²) in [5.74, 6) is -0.939. The van der Waals surface area contributed by atoms with Gasteiger partial charge in [0.25, 0.3) is 0 Å². The van der Waals surface area contributed by atoms with E-state index < -0.39 is 5.97 Å². The van der Waals surface area contributed by atoms with Crippen molar-refractivity contribution in [2.24, 2.45) is 0 Å². The first-order valence-electron chi connectivity index (χ1n) is 5.79. The van der Waals surface area contributed by atoms with Gasteiger partial charge in [0.15, 0.2) is 0 Å². The zero-order chi connectivity index (χ0) is 12.4. The number of carboxylic acid groups (broad SMARTS) is 1. The smallest absolute Gasteiger partial charge is 0.304 e. The molecule has 1 atom stereocenters. The number of hydrogen-bond donors (Lipinski definition) is 1. The number of fused-ring (bicyclic) bond motifs is 1. The molecule has 0 spiro atoms. The van der Waals surface area contributed by atoms with Crippen LogP contribution in [0, 0.1) is 5.82 Å². The molecule has 0 amide bonds. The fourth-order valence-corrected chi connectivity index (χ4v) is 2.47. The molecule has 2 rings (SSSR count). The molecule has 0 heterocycles. The summed E-state index contributed by atoms with van der Waals surface area (Å²) < 4.78 is 13.5. The van der Waals surface area contributed by atoms with E-state index in [0.717, 1.165) is 24.0 Å². The Kier molecular flexibility index (Phi) is 3.43. The third-order valence-electron chi connectivity index (χ3n) is 3.39. The molecule has 0 aromatic heterocycles. The summed E-state index contributed by atoms with van der Waals surface area (Å²) in [6, 6.07) is 5.30. The van der Waals surface area contributed by atoms with E-state index in [9.17, 15) is 9.18 Å². The highest BCUT2D eigenvalue weighted by molar-refractivity contribution is 5.66. The molecule has 0 aliphatic heterocycles. The quantitative estimate of drug-likeness (QED) is 0.873. The Bertz CT molecular complexity index is 433. The number of aliphatic carboxylic acids is 1. The van der Waals surface area contributed by atoms with E-state index >= 15 is 0 Å². The summed E-state index contributed by atoms with van der Waals surface area (Å²) in [7, 11) is 1.90. The number of halogens is 1. The van der Waals surface area contributed by atoms with Crippen LogP contribution in [0.5, 0.6) is 0 Å². The first-order valence-corrected chi connectivity index (χ1v) is 5.79. The summed E-state index contributed by atoms with van der Waals surface area (Å²) >= 11 is 0. The number of nitrogens with zero attached hydrogens (tertiary/aromatic N) is 1. The first-order chi connectivity index (χ1) is 8.09. The Hall–Kier alpha value is -1.42. The fraction of sp³-hybridized carbons (Fsp3) is 0.462. The van der Waals surface area contributed by atoms with Gasteiger partial charge in [0.05, 0.1) is 6.42 Å². The maximum Gasteiger partial charge on any atom is 0.304 e. The Labute approximate surface area is 99.9 Å². The third kappa shape index (κ3) is 2.47. The van der Waals surface area contributed by atoms with E-state index in [1.54, 1.807) is 6.07 Å². The van der Waals surface area contributed by atoms with Crippen LogP contribution in [0.4, 0.5) is 4.39 Å². The highest BCUT2D eigenvalue weighted by Crippen LogP contribution is 2.36. The van der Waals surface area contributed by atoms with Crippen LogP contribution >= 0.6 is 0 Å². The van der Waals surface area contributed by atoms with Crippen molar-refractivity contribution in [3.8, 4) is 0 Å². The molecule has 92 valence electrons. The van der Waals surface area contributed by atoms with Gasteiger partial charge in [0.1, 0.15) is 5.82 Å². The summed E-state index contributed by atoms with van der Waals surface area (Å²) in [5.41, 5.74) is 1.80. The lowest BCUT2D eigenvalue weighted by atomic mass is 10.1. The molecule has 3 nitrogen and oxygen atoms in total. The normalized spacial score (nSPS) is 18.4. The molecule has 1 aliphatic carbocycles. The maximum atomic E-state index is 13.5. The molecule has 17 heavy (non-hydrogen) atoms. The lowest BCUT2D eigenvalue weighted by Crippen LogP contribution is -2.25. The van der Waals surface area contributed by atoms with Gasteiger partial charge in [-0.3, -0.25) is 9.69 Å².